The second-order valence-electron chi connectivity index (χ2n) is 6.23. The first kappa shape index (κ1) is 19.6. The second kappa shape index (κ2) is 9.14. The molecule has 2 rings (SSSR count). The highest BCUT2D eigenvalue weighted by Gasteiger charge is 2.24. The number of rotatable bonds is 5. The van der Waals surface area contributed by atoms with Crippen LogP contribution in [0.5, 0.6) is 0 Å². The molecular weight excluding hydrogens is 338 g/mol. The van der Waals surface area contributed by atoms with E-state index >= 15 is 0 Å². The molecule has 0 spiro atoms. The van der Waals surface area contributed by atoms with Crippen molar-refractivity contribution >= 4 is 18.0 Å². The van der Waals surface area contributed by atoms with Crippen LogP contribution in [0.25, 0.3) is 0 Å². The number of pyridine rings is 1. The maximum absolute atomic E-state index is 12.2. The number of ether oxygens (including phenoxy) is 1. The highest BCUT2D eigenvalue weighted by atomic mass is 16.5. The van der Waals surface area contributed by atoms with E-state index in [1.54, 1.807) is 13.0 Å². The van der Waals surface area contributed by atoms with Crippen LogP contribution < -0.4 is 16.4 Å². The molecule has 26 heavy (non-hydrogen) atoms. The van der Waals surface area contributed by atoms with Crippen LogP contribution in [-0.4, -0.2) is 47.8 Å². The van der Waals surface area contributed by atoms with Crippen LogP contribution in [0.1, 0.15) is 52.5 Å². The molecule has 1 aromatic rings. The van der Waals surface area contributed by atoms with E-state index < -0.39 is 18.0 Å². The molecule has 0 fully saturated rings. The van der Waals surface area contributed by atoms with Crippen molar-refractivity contribution < 1.29 is 19.4 Å². The number of nitrogens with one attached hydrogen (secondary N) is 3. The first-order chi connectivity index (χ1) is 12.4. The Hall–Kier alpha value is -2.68. The SMILES string of the molecule is Cc1nc2c(cc1C(=O)NC(=N)N)CCCCC2COC(=O)NCCO. The van der Waals surface area contributed by atoms with Gasteiger partial charge in [-0.1, -0.05) is 6.42 Å². The summed E-state index contributed by atoms with van der Waals surface area (Å²) in [5.74, 6) is -0.911. The number of carbonyl (C=O) groups is 2. The van der Waals surface area contributed by atoms with Crippen molar-refractivity contribution in [3.8, 4) is 0 Å². The Morgan fingerprint density at radius 2 is 2.23 bits per heavy atom. The Kier molecular flexibility index (Phi) is 6.90. The van der Waals surface area contributed by atoms with Gasteiger partial charge in [-0.25, -0.2) is 4.79 Å². The minimum atomic E-state index is -0.570. The van der Waals surface area contributed by atoms with E-state index in [-0.39, 0.29) is 25.7 Å². The van der Waals surface area contributed by atoms with Crippen molar-refractivity contribution in [2.45, 2.75) is 38.5 Å². The second-order valence-corrected chi connectivity index (χ2v) is 6.23. The van der Waals surface area contributed by atoms with Crippen LogP contribution in [-0.2, 0) is 11.2 Å². The number of carbonyl (C=O) groups excluding carboxylic acids is 2. The highest BCUT2D eigenvalue weighted by Crippen LogP contribution is 2.30. The number of aliphatic hydroxyl groups excluding tert-OH is 1. The third kappa shape index (κ3) is 5.16. The van der Waals surface area contributed by atoms with Gasteiger partial charge in [0.1, 0.15) is 6.61 Å². The fraction of sp³-hybridized carbons (Fsp3) is 0.529. The maximum atomic E-state index is 12.2. The Morgan fingerprint density at radius 1 is 1.46 bits per heavy atom. The summed E-state index contributed by atoms with van der Waals surface area (Å²) < 4.78 is 5.24. The lowest BCUT2D eigenvalue weighted by molar-refractivity contribution is 0.0975. The molecule has 9 heteroatoms. The maximum Gasteiger partial charge on any atom is 0.407 e. The van der Waals surface area contributed by atoms with E-state index in [0.717, 1.165) is 36.9 Å². The zero-order chi connectivity index (χ0) is 19.1. The van der Waals surface area contributed by atoms with Gasteiger partial charge in [0.15, 0.2) is 5.96 Å². The Bertz CT molecular complexity index is 692. The molecule has 0 saturated heterocycles. The third-order valence-corrected chi connectivity index (χ3v) is 4.25. The fourth-order valence-electron chi connectivity index (χ4n) is 3.03. The van der Waals surface area contributed by atoms with E-state index in [1.807, 2.05) is 0 Å². The summed E-state index contributed by atoms with van der Waals surface area (Å²) in [5.41, 5.74) is 7.95. The van der Waals surface area contributed by atoms with Crippen LogP contribution >= 0.6 is 0 Å². The molecule has 0 aromatic carbocycles. The number of fused-ring (bicyclic) bond motifs is 1. The number of aromatic nitrogens is 1. The number of nitrogens with two attached hydrogens (primary N) is 1. The standard InChI is InChI=1S/C17H25N5O4/c1-10-13(15(24)22-16(18)19)8-11-4-2-3-5-12(14(11)21-10)9-26-17(25)20-6-7-23/h8,12,23H,2-7,9H2,1H3,(H,20,25)(H4,18,19,22,24). The normalized spacial score (nSPS) is 16.2. The Morgan fingerprint density at radius 3 is 2.92 bits per heavy atom. The van der Waals surface area contributed by atoms with E-state index in [0.29, 0.717) is 11.3 Å². The van der Waals surface area contributed by atoms with E-state index in [2.05, 4.69) is 15.6 Å². The van der Waals surface area contributed by atoms with Crippen LogP contribution in [0.2, 0.25) is 0 Å². The molecule has 1 heterocycles. The molecule has 1 aliphatic rings. The number of hydrogen-bond donors (Lipinski definition) is 5. The number of guanidine groups is 1. The third-order valence-electron chi connectivity index (χ3n) is 4.25. The molecule has 0 saturated carbocycles. The molecule has 0 radical (unpaired) electrons. The number of aliphatic hydroxyl groups is 1. The van der Waals surface area contributed by atoms with Gasteiger partial charge < -0.3 is 20.9 Å². The summed E-state index contributed by atoms with van der Waals surface area (Å²) in [7, 11) is 0. The minimum absolute atomic E-state index is 0.0454. The predicted octanol–water partition coefficient (Wildman–Crippen LogP) is 0.542. The minimum Gasteiger partial charge on any atom is -0.449 e. The van der Waals surface area contributed by atoms with E-state index in [4.69, 9.17) is 21.0 Å². The molecule has 6 N–H and O–H groups in total. The molecule has 2 amide bonds. The number of nitrogens with zero attached hydrogens (tertiary/aromatic N) is 1. The number of alkyl carbamates (subject to hydrolysis) is 1. The summed E-state index contributed by atoms with van der Waals surface area (Å²) in [6.45, 7) is 1.92. The van der Waals surface area contributed by atoms with Gasteiger partial charge in [0.05, 0.1) is 23.6 Å². The van der Waals surface area contributed by atoms with Crippen molar-refractivity contribution in [2.24, 2.45) is 5.73 Å². The predicted molar refractivity (Wildman–Crippen MR) is 95.1 cm³/mol. The lowest BCUT2D eigenvalue weighted by Gasteiger charge is -2.19. The monoisotopic (exact) mass is 363 g/mol. The topological polar surface area (TPSA) is 150 Å². The number of hydrogen-bond acceptors (Lipinski definition) is 6. The van der Waals surface area contributed by atoms with Gasteiger partial charge in [-0.3, -0.25) is 20.5 Å². The van der Waals surface area contributed by atoms with Gasteiger partial charge in [0.2, 0.25) is 0 Å². The van der Waals surface area contributed by atoms with Gasteiger partial charge >= 0.3 is 6.09 Å². The van der Waals surface area contributed by atoms with Crippen molar-refractivity contribution in [2.75, 3.05) is 19.8 Å². The van der Waals surface area contributed by atoms with Crippen LogP contribution in [0.15, 0.2) is 6.07 Å². The molecule has 1 aliphatic carbocycles. The average Bonchev–Trinajstić information content (AvgIpc) is 2.78. The van der Waals surface area contributed by atoms with Crippen LogP contribution in [0.4, 0.5) is 4.79 Å². The Labute approximate surface area is 151 Å². The number of amides is 2. The van der Waals surface area contributed by atoms with Gasteiger partial charge in [-0.2, -0.15) is 0 Å². The average molecular weight is 363 g/mol. The van der Waals surface area contributed by atoms with E-state index in [1.165, 1.54) is 0 Å². The lowest BCUT2D eigenvalue weighted by Crippen LogP contribution is -2.36. The van der Waals surface area contributed by atoms with Gasteiger partial charge in [-0.05, 0) is 37.8 Å². The fourth-order valence-corrected chi connectivity index (χ4v) is 3.03. The quantitative estimate of drug-likeness (QED) is 0.293. The summed E-state index contributed by atoms with van der Waals surface area (Å²) in [5, 5.41) is 20.6. The molecule has 0 aliphatic heterocycles. The first-order valence-electron chi connectivity index (χ1n) is 8.59. The zero-order valence-electron chi connectivity index (χ0n) is 14.8. The zero-order valence-corrected chi connectivity index (χ0v) is 14.8. The number of aryl methyl sites for hydroxylation is 2. The molecule has 1 aromatic heterocycles. The summed E-state index contributed by atoms with van der Waals surface area (Å²) in [6, 6.07) is 1.79. The van der Waals surface area contributed by atoms with Crippen molar-refractivity contribution in [1.29, 1.82) is 5.41 Å². The smallest absolute Gasteiger partial charge is 0.407 e. The largest absolute Gasteiger partial charge is 0.449 e. The van der Waals surface area contributed by atoms with Crippen molar-refractivity contribution in [3.05, 3.63) is 28.6 Å². The molecule has 142 valence electrons. The molecule has 0 bridgehead atoms. The molecular formula is C17H25N5O4. The summed E-state index contributed by atoms with van der Waals surface area (Å²) >= 11 is 0. The van der Waals surface area contributed by atoms with Gasteiger partial charge in [0, 0.05) is 12.5 Å². The first-order valence-corrected chi connectivity index (χ1v) is 8.59. The molecule has 1 unspecified atom stereocenters. The van der Waals surface area contributed by atoms with Gasteiger partial charge in [-0.15, -0.1) is 0 Å². The lowest BCUT2D eigenvalue weighted by atomic mass is 9.96. The Balaban J connectivity index is 2.18. The van der Waals surface area contributed by atoms with Crippen molar-refractivity contribution in [3.63, 3.8) is 0 Å². The van der Waals surface area contributed by atoms with Crippen LogP contribution in [0, 0.1) is 12.3 Å². The highest BCUT2D eigenvalue weighted by molar-refractivity contribution is 6.05. The molecule has 9 nitrogen and oxygen atoms in total. The van der Waals surface area contributed by atoms with Crippen LogP contribution in [0.3, 0.4) is 0 Å². The summed E-state index contributed by atoms with van der Waals surface area (Å²) in [6.07, 6.45) is 2.98. The van der Waals surface area contributed by atoms with Crippen molar-refractivity contribution in [1.82, 2.24) is 15.6 Å². The molecule has 1 atom stereocenters. The van der Waals surface area contributed by atoms with E-state index in [9.17, 15) is 9.59 Å². The summed E-state index contributed by atoms with van der Waals surface area (Å²) in [4.78, 5) is 28.4. The van der Waals surface area contributed by atoms with Gasteiger partial charge in [0.25, 0.3) is 5.91 Å².